The lowest BCUT2D eigenvalue weighted by atomic mass is 9.48. The van der Waals surface area contributed by atoms with Gasteiger partial charge in [-0.2, -0.15) is 0 Å². The number of hydrogen-bond donors (Lipinski definition) is 1. The van der Waals surface area contributed by atoms with Crippen LogP contribution in [0.4, 0.5) is 0 Å². The molecular weight excluding hydrogens is 254 g/mol. The molecule has 21 heavy (non-hydrogen) atoms. The molecule has 1 nitrogen and oxygen atoms in total. The van der Waals surface area contributed by atoms with Crippen LogP contribution in [0.25, 0.3) is 0 Å². The van der Waals surface area contributed by atoms with Crippen molar-refractivity contribution in [3.63, 3.8) is 0 Å². The zero-order valence-corrected chi connectivity index (χ0v) is 13.4. The fourth-order valence-corrected chi connectivity index (χ4v) is 6.00. The van der Waals surface area contributed by atoms with Crippen molar-refractivity contribution in [3.05, 3.63) is 35.9 Å². The predicted molar refractivity (Wildman–Crippen MR) is 88.2 cm³/mol. The molecule has 4 saturated carbocycles. The summed E-state index contributed by atoms with van der Waals surface area (Å²) in [6.45, 7) is 3.60. The quantitative estimate of drug-likeness (QED) is 0.843. The normalized spacial score (nSPS) is 38.6. The molecule has 0 aromatic heterocycles. The Morgan fingerprint density at radius 2 is 1.57 bits per heavy atom. The minimum atomic E-state index is 0.644. The summed E-state index contributed by atoms with van der Waals surface area (Å²) in [6, 6.07) is 11.6. The van der Waals surface area contributed by atoms with Gasteiger partial charge in [-0.3, -0.25) is 0 Å². The SMILES string of the molecule is CC(NCCc1ccccc1)C12CC3CC(CC(C3)C1)C2. The van der Waals surface area contributed by atoms with Gasteiger partial charge < -0.3 is 5.32 Å². The molecule has 0 saturated heterocycles. The Bertz CT molecular complexity index is 443. The third-order valence-corrected chi connectivity index (χ3v) is 6.71. The Hall–Kier alpha value is -0.820. The zero-order valence-electron chi connectivity index (χ0n) is 13.4. The first kappa shape index (κ1) is 13.8. The summed E-state index contributed by atoms with van der Waals surface area (Å²) in [6.07, 6.45) is 10.4. The van der Waals surface area contributed by atoms with Crippen molar-refractivity contribution < 1.29 is 0 Å². The topological polar surface area (TPSA) is 12.0 Å². The van der Waals surface area contributed by atoms with E-state index >= 15 is 0 Å². The fourth-order valence-electron chi connectivity index (χ4n) is 6.00. The number of nitrogens with one attached hydrogen (secondary N) is 1. The van der Waals surface area contributed by atoms with E-state index in [0.29, 0.717) is 11.5 Å². The number of rotatable bonds is 5. The van der Waals surface area contributed by atoms with Crippen LogP contribution in [0.1, 0.15) is 51.0 Å². The summed E-state index contributed by atoms with van der Waals surface area (Å²) >= 11 is 0. The minimum Gasteiger partial charge on any atom is -0.313 e. The molecule has 1 unspecified atom stereocenters. The van der Waals surface area contributed by atoms with Crippen LogP contribution in [-0.2, 0) is 6.42 Å². The highest BCUT2D eigenvalue weighted by molar-refractivity contribution is 5.15. The Labute approximate surface area is 129 Å². The Morgan fingerprint density at radius 1 is 1.00 bits per heavy atom. The third-order valence-electron chi connectivity index (χ3n) is 6.71. The molecule has 1 N–H and O–H groups in total. The number of benzene rings is 1. The van der Waals surface area contributed by atoms with Crippen molar-refractivity contribution in [1.82, 2.24) is 5.32 Å². The Morgan fingerprint density at radius 3 is 2.14 bits per heavy atom. The average Bonchev–Trinajstić information content (AvgIpc) is 2.47. The van der Waals surface area contributed by atoms with Crippen LogP contribution in [0.5, 0.6) is 0 Å². The molecule has 0 heterocycles. The average molecular weight is 283 g/mol. The molecular formula is C20H29N. The maximum absolute atomic E-state index is 3.89. The van der Waals surface area contributed by atoms with Gasteiger partial charge >= 0.3 is 0 Å². The van der Waals surface area contributed by atoms with E-state index in [-0.39, 0.29) is 0 Å². The van der Waals surface area contributed by atoms with Crippen molar-refractivity contribution in [1.29, 1.82) is 0 Å². The molecule has 0 spiro atoms. The smallest absolute Gasteiger partial charge is 0.00956 e. The molecule has 1 aromatic rings. The molecule has 4 aliphatic rings. The molecule has 1 aromatic carbocycles. The summed E-state index contributed by atoms with van der Waals surface area (Å²) in [5, 5.41) is 3.89. The summed E-state index contributed by atoms with van der Waals surface area (Å²) in [5.74, 6) is 3.19. The van der Waals surface area contributed by atoms with Gasteiger partial charge in [0.15, 0.2) is 0 Å². The van der Waals surface area contributed by atoms with Crippen molar-refractivity contribution in [2.24, 2.45) is 23.2 Å². The summed E-state index contributed by atoms with van der Waals surface area (Å²) in [4.78, 5) is 0. The molecule has 4 fully saturated rings. The largest absolute Gasteiger partial charge is 0.313 e. The summed E-state index contributed by atoms with van der Waals surface area (Å²) < 4.78 is 0. The Balaban J connectivity index is 1.35. The Kier molecular flexibility index (Phi) is 3.57. The highest BCUT2D eigenvalue weighted by atomic mass is 14.9. The monoisotopic (exact) mass is 283 g/mol. The molecule has 1 atom stereocenters. The van der Waals surface area contributed by atoms with E-state index < -0.39 is 0 Å². The van der Waals surface area contributed by atoms with Gasteiger partial charge in [0.25, 0.3) is 0 Å². The molecule has 114 valence electrons. The van der Waals surface area contributed by atoms with Gasteiger partial charge in [-0.05, 0) is 87.1 Å². The van der Waals surface area contributed by atoms with Crippen molar-refractivity contribution in [2.75, 3.05) is 6.54 Å². The molecule has 0 radical (unpaired) electrons. The van der Waals surface area contributed by atoms with E-state index in [1.165, 1.54) is 24.8 Å². The molecule has 4 bridgehead atoms. The van der Waals surface area contributed by atoms with Gasteiger partial charge in [-0.25, -0.2) is 0 Å². The van der Waals surface area contributed by atoms with Crippen LogP contribution < -0.4 is 5.32 Å². The second kappa shape index (κ2) is 5.43. The summed E-state index contributed by atoms with van der Waals surface area (Å²) in [5.41, 5.74) is 2.11. The zero-order chi connectivity index (χ0) is 14.3. The van der Waals surface area contributed by atoms with E-state index in [9.17, 15) is 0 Å². The lowest BCUT2D eigenvalue weighted by Crippen LogP contribution is -2.55. The van der Waals surface area contributed by atoms with Crippen molar-refractivity contribution in [2.45, 2.75) is 57.9 Å². The van der Waals surface area contributed by atoms with Gasteiger partial charge in [-0.1, -0.05) is 30.3 Å². The second-order valence-electron chi connectivity index (χ2n) is 8.19. The highest BCUT2D eigenvalue weighted by Gasteiger charge is 2.52. The van der Waals surface area contributed by atoms with Crippen LogP contribution in [0.15, 0.2) is 30.3 Å². The van der Waals surface area contributed by atoms with Crippen LogP contribution >= 0.6 is 0 Å². The lowest BCUT2D eigenvalue weighted by molar-refractivity contribution is -0.0702. The molecule has 0 amide bonds. The van der Waals surface area contributed by atoms with Crippen LogP contribution in [-0.4, -0.2) is 12.6 Å². The van der Waals surface area contributed by atoms with Gasteiger partial charge in [0, 0.05) is 6.04 Å². The summed E-state index contributed by atoms with van der Waals surface area (Å²) in [7, 11) is 0. The lowest BCUT2D eigenvalue weighted by Gasteiger charge is -2.59. The standard InChI is InChI=1S/C20H29N/c1-15(21-8-7-16-5-3-2-4-6-16)20-12-17-9-18(13-20)11-19(10-17)14-20/h2-6,15,17-19,21H,7-14H2,1H3. The van der Waals surface area contributed by atoms with E-state index in [2.05, 4.69) is 42.6 Å². The van der Waals surface area contributed by atoms with Crippen LogP contribution in [0, 0.1) is 23.2 Å². The van der Waals surface area contributed by atoms with Crippen LogP contribution in [0.2, 0.25) is 0 Å². The van der Waals surface area contributed by atoms with E-state index in [0.717, 1.165) is 30.7 Å². The maximum atomic E-state index is 3.89. The van der Waals surface area contributed by atoms with Crippen molar-refractivity contribution in [3.8, 4) is 0 Å². The van der Waals surface area contributed by atoms with Crippen molar-refractivity contribution >= 4 is 0 Å². The first-order valence-corrected chi connectivity index (χ1v) is 9.01. The second-order valence-corrected chi connectivity index (χ2v) is 8.19. The van der Waals surface area contributed by atoms with Gasteiger partial charge in [0.1, 0.15) is 0 Å². The third kappa shape index (κ3) is 2.65. The first-order valence-electron chi connectivity index (χ1n) is 9.01. The molecule has 5 rings (SSSR count). The molecule has 4 aliphatic carbocycles. The van der Waals surface area contributed by atoms with Gasteiger partial charge in [0.2, 0.25) is 0 Å². The maximum Gasteiger partial charge on any atom is 0.00956 e. The van der Waals surface area contributed by atoms with Gasteiger partial charge in [-0.15, -0.1) is 0 Å². The molecule has 0 aliphatic heterocycles. The van der Waals surface area contributed by atoms with Crippen LogP contribution in [0.3, 0.4) is 0 Å². The molecule has 1 heteroatoms. The van der Waals surface area contributed by atoms with E-state index in [1.54, 1.807) is 19.3 Å². The predicted octanol–water partition coefficient (Wildman–Crippen LogP) is 4.42. The first-order chi connectivity index (χ1) is 10.2. The fraction of sp³-hybridized carbons (Fsp3) is 0.700. The highest BCUT2D eigenvalue weighted by Crippen LogP contribution is 2.61. The van der Waals surface area contributed by atoms with Gasteiger partial charge in [0.05, 0.1) is 0 Å². The van der Waals surface area contributed by atoms with E-state index in [1.807, 2.05) is 0 Å². The van der Waals surface area contributed by atoms with E-state index in [4.69, 9.17) is 0 Å². The number of hydrogen-bond acceptors (Lipinski definition) is 1. The minimum absolute atomic E-state index is 0.644.